The number of hydrogen-bond donors (Lipinski definition) is 0. The normalized spacial score (nSPS) is 18.6. The standard InChI is InChI=1S/C15H22/c1-6-7-13-10(3)14-8-9(2)15(11(13)4)12(14)5/h9H,6-8H2,1-5H3. The molecule has 0 heterocycles. The SMILES string of the molecule is CCCc1c(C)c2c(C)c(c1C)C(C)C2. The Kier molecular flexibility index (Phi) is 2.62. The van der Waals surface area contributed by atoms with Crippen LogP contribution in [0.1, 0.15) is 59.6 Å². The van der Waals surface area contributed by atoms with Crippen molar-refractivity contribution in [2.75, 3.05) is 0 Å². The van der Waals surface area contributed by atoms with E-state index in [1.165, 1.54) is 19.3 Å². The molecule has 2 rings (SSSR count). The van der Waals surface area contributed by atoms with E-state index in [0.29, 0.717) is 0 Å². The van der Waals surface area contributed by atoms with Gasteiger partial charge in [-0.1, -0.05) is 20.3 Å². The number of benzene rings is 1. The van der Waals surface area contributed by atoms with Crippen molar-refractivity contribution in [3.8, 4) is 0 Å². The molecular formula is C15H22. The average Bonchev–Trinajstić information content (AvgIpc) is 2.43. The summed E-state index contributed by atoms with van der Waals surface area (Å²) in [6.45, 7) is 11.6. The Morgan fingerprint density at radius 1 is 1.07 bits per heavy atom. The average molecular weight is 202 g/mol. The summed E-state index contributed by atoms with van der Waals surface area (Å²) < 4.78 is 0. The van der Waals surface area contributed by atoms with Crippen molar-refractivity contribution < 1.29 is 0 Å². The van der Waals surface area contributed by atoms with Crippen LogP contribution in [0.2, 0.25) is 0 Å². The third-order valence-electron chi connectivity index (χ3n) is 4.12. The van der Waals surface area contributed by atoms with Crippen LogP contribution in [0.3, 0.4) is 0 Å². The van der Waals surface area contributed by atoms with Crippen LogP contribution in [0.25, 0.3) is 0 Å². The van der Waals surface area contributed by atoms with Gasteiger partial charge in [-0.15, -0.1) is 0 Å². The maximum absolute atomic E-state index is 2.37. The first-order chi connectivity index (χ1) is 7.07. The lowest BCUT2D eigenvalue weighted by Gasteiger charge is -2.15. The molecule has 0 spiro atoms. The van der Waals surface area contributed by atoms with Crippen molar-refractivity contribution in [1.29, 1.82) is 0 Å². The topological polar surface area (TPSA) is 0 Å². The van der Waals surface area contributed by atoms with Gasteiger partial charge in [0.2, 0.25) is 0 Å². The van der Waals surface area contributed by atoms with E-state index in [1.807, 2.05) is 0 Å². The summed E-state index contributed by atoms with van der Waals surface area (Å²) in [5.74, 6) is 0.754. The van der Waals surface area contributed by atoms with E-state index in [2.05, 4.69) is 34.6 Å². The second-order valence-corrected chi connectivity index (χ2v) is 5.10. The fourth-order valence-corrected chi connectivity index (χ4v) is 3.43. The molecule has 0 aromatic heterocycles. The van der Waals surface area contributed by atoms with Gasteiger partial charge in [0.25, 0.3) is 0 Å². The summed E-state index contributed by atoms with van der Waals surface area (Å²) in [4.78, 5) is 0. The van der Waals surface area contributed by atoms with Gasteiger partial charge in [0.15, 0.2) is 0 Å². The minimum atomic E-state index is 0.754. The fourth-order valence-electron chi connectivity index (χ4n) is 3.43. The molecule has 15 heavy (non-hydrogen) atoms. The molecular weight excluding hydrogens is 180 g/mol. The van der Waals surface area contributed by atoms with Crippen LogP contribution < -0.4 is 0 Å². The maximum atomic E-state index is 2.37. The van der Waals surface area contributed by atoms with Gasteiger partial charge in [0, 0.05) is 0 Å². The van der Waals surface area contributed by atoms with Gasteiger partial charge in [-0.2, -0.15) is 0 Å². The fraction of sp³-hybridized carbons (Fsp3) is 0.600. The molecule has 0 saturated carbocycles. The Morgan fingerprint density at radius 2 is 1.73 bits per heavy atom. The van der Waals surface area contributed by atoms with Crippen LogP contribution in [-0.4, -0.2) is 0 Å². The van der Waals surface area contributed by atoms with Gasteiger partial charge in [-0.05, 0) is 72.9 Å². The minimum absolute atomic E-state index is 0.754. The van der Waals surface area contributed by atoms with E-state index in [9.17, 15) is 0 Å². The molecule has 0 nitrogen and oxygen atoms in total. The van der Waals surface area contributed by atoms with Crippen LogP contribution in [0.15, 0.2) is 0 Å². The largest absolute Gasteiger partial charge is 0.0651 e. The summed E-state index contributed by atoms with van der Waals surface area (Å²) in [6.07, 6.45) is 3.79. The Labute approximate surface area is 93.7 Å². The number of fused-ring (bicyclic) bond motifs is 2. The molecule has 0 fully saturated rings. The lowest BCUT2D eigenvalue weighted by molar-refractivity contribution is 0.794. The summed E-state index contributed by atoms with van der Waals surface area (Å²) in [5, 5.41) is 0. The van der Waals surface area contributed by atoms with Crippen molar-refractivity contribution in [3.05, 3.63) is 33.4 Å². The van der Waals surface area contributed by atoms with Gasteiger partial charge in [0.1, 0.15) is 0 Å². The molecule has 0 N–H and O–H groups in total. The highest BCUT2D eigenvalue weighted by atomic mass is 14.3. The molecule has 1 atom stereocenters. The molecule has 0 saturated heterocycles. The predicted molar refractivity (Wildman–Crippen MR) is 66.8 cm³/mol. The molecule has 2 bridgehead atoms. The van der Waals surface area contributed by atoms with Gasteiger partial charge in [0.05, 0.1) is 0 Å². The van der Waals surface area contributed by atoms with Gasteiger partial charge >= 0.3 is 0 Å². The predicted octanol–water partition coefficient (Wildman–Crippen LogP) is 4.22. The summed E-state index contributed by atoms with van der Waals surface area (Å²) >= 11 is 0. The van der Waals surface area contributed by atoms with Crippen molar-refractivity contribution in [3.63, 3.8) is 0 Å². The van der Waals surface area contributed by atoms with E-state index < -0.39 is 0 Å². The molecule has 1 aliphatic rings. The third kappa shape index (κ3) is 1.42. The molecule has 0 heteroatoms. The lowest BCUT2D eigenvalue weighted by atomic mass is 9.90. The lowest BCUT2D eigenvalue weighted by Crippen LogP contribution is -2.00. The molecule has 1 unspecified atom stereocenters. The van der Waals surface area contributed by atoms with E-state index >= 15 is 0 Å². The van der Waals surface area contributed by atoms with Crippen LogP contribution >= 0.6 is 0 Å². The van der Waals surface area contributed by atoms with Crippen LogP contribution in [0.5, 0.6) is 0 Å². The van der Waals surface area contributed by atoms with Crippen molar-refractivity contribution in [1.82, 2.24) is 0 Å². The summed E-state index contributed by atoms with van der Waals surface area (Å²) in [6, 6.07) is 0. The zero-order valence-corrected chi connectivity index (χ0v) is 10.7. The highest BCUT2D eigenvalue weighted by Crippen LogP contribution is 2.41. The molecule has 0 radical (unpaired) electrons. The van der Waals surface area contributed by atoms with Gasteiger partial charge in [-0.25, -0.2) is 0 Å². The summed E-state index contributed by atoms with van der Waals surface area (Å²) in [7, 11) is 0. The monoisotopic (exact) mass is 202 g/mol. The van der Waals surface area contributed by atoms with Crippen molar-refractivity contribution in [2.24, 2.45) is 0 Å². The zero-order valence-electron chi connectivity index (χ0n) is 10.7. The van der Waals surface area contributed by atoms with Crippen molar-refractivity contribution >= 4 is 0 Å². The molecule has 82 valence electrons. The van der Waals surface area contributed by atoms with Crippen LogP contribution in [0, 0.1) is 20.8 Å². The van der Waals surface area contributed by atoms with E-state index in [-0.39, 0.29) is 0 Å². The highest BCUT2D eigenvalue weighted by molar-refractivity contribution is 5.56. The first-order valence-corrected chi connectivity index (χ1v) is 6.19. The second-order valence-electron chi connectivity index (χ2n) is 5.10. The first kappa shape index (κ1) is 10.7. The van der Waals surface area contributed by atoms with E-state index in [0.717, 1.165) is 5.92 Å². The van der Waals surface area contributed by atoms with Crippen LogP contribution in [-0.2, 0) is 12.8 Å². The molecule has 1 aromatic carbocycles. The number of rotatable bonds is 2. The third-order valence-corrected chi connectivity index (χ3v) is 4.12. The smallest absolute Gasteiger partial charge is 0.0144 e. The molecule has 0 aliphatic heterocycles. The quantitative estimate of drug-likeness (QED) is 0.673. The van der Waals surface area contributed by atoms with E-state index in [4.69, 9.17) is 0 Å². The first-order valence-electron chi connectivity index (χ1n) is 6.19. The molecule has 1 aromatic rings. The molecule has 1 aliphatic carbocycles. The Balaban J connectivity index is 2.66. The Bertz CT molecular complexity index is 399. The van der Waals surface area contributed by atoms with Crippen molar-refractivity contribution in [2.45, 2.75) is 59.8 Å². The minimum Gasteiger partial charge on any atom is -0.0651 e. The Morgan fingerprint density at radius 3 is 2.33 bits per heavy atom. The Hall–Kier alpha value is -0.780. The maximum Gasteiger partial charge on any atom is -0.0144 e. The second kappa shape index (κ2) is 3.66. The van der Waals surface area contributed by atoms with Gasteiger partial charge < -0.3 is 0 Å². The van der Waals surface area contributed by atoms with Crippen LogP contribution in [0.4, 0.5) is 0 Å². The highest BCUT2D eigenvalue weighted by Gasteiger charge is 2.26. The van der Waals surface area contributed by atoms with Gasteiger partial charge in [-0.3, -0.25) is 0 Å². The number of hydrogen-bond acceptors (Lipinski definition) is 0. The zero-order chi connectivity index (χ0) is 11.2. The molecule has 0 amide bonds. The van der Waals surface area contributed by atoms with E-state index in [1.54, 1.807) is 33.4 Å². The summed E-state index contributed by atoms with van der Waals surface area (Å²) in [5.41, 5.74) is 9.68.